The number of aliphatic hydroxyl groups is 1. The van der Waals surface area contributed by atoms with Crippen LogP contribution in [0.5, 0.6) is 0 Å². The van der Waals surface area contributed by atoms with Gasteiger partial charge in [-0.05, 0) is 56.9 Å². The lowest BCUT2D eigenvalue weighted by molar-refractivity contribution is -0.0440. The molecule has 1 saturated heterocycles. The minimum atomic E-state index is -3.62. The average molecular weight is 382 g/mol. The molecular weight excluding hydrogens is 356 g/mol. The first-order valence-electron chi connectivity index (χ1n) is 8.99. The number of ether oxygens (including phenoxy) is 1. The number of morpholine rings is 1. The number of nitrogens with one attached hydrogen (secondary N) is 1. The summed E-state index contributed by atoms with van der Waals surface area (Å²) in [5, 5.41) is 12.5. The van der Waals surface area contributed by atoms with Crippen LogP contribution in [0.1, 0.15) is 37.0 Å². The van der Waals surface area contributed by atoms with Crippen LogP contribution in [-0.2, 0) is 14.8 Å². The summed E-state index contributed by atoms with van der Waals surface area (Å²) in [6, 6.07) is 5.90. The fourth-order valence-electron chi connectivity index (χ4n) is 3.20. The average Bonchev–Trinajstić information content (AvgIpc) is 3.43. The van der Waals surface area contributed by atoms with Gasteiger partial charge in [-0.15, -0.1) is 0 Å². The fraction of sp³-hybridized carbons (Fsp3) is 0.611. The Kier molecular flexibility index (Phi) is 5.67. The van der Waals surface area contributed by atoms with Crippen molar-refractivity contribution < 1.29 is 23.1 Å². The number of hydrogen-bond acceptors (Lipinski definition) is 5. The van der Waals surface area contributed by atoms with Gasteiger partial charge in [0.15, 0.2) is 0 Å². The molecule has 0 aromatic heterocycles. The van der Waals surface area contributed by atoms with E-state index >= 15 is 0 Å². The predicted octanol–water partition coefficient (Wildman–Crippen LogP) is 0.985. The molecule has 1 aliphatic carbocycles. The maximum atomic E-state index is 12.8. The molecule has 1 aliphatic heterocycles. The third kappa shape index (κ3) is 4.43. The summed E-state index contributed by atoms with van der Waals surface area (Å²) in [4.78, 5) is 12.3. The molecule has 0 radical (unpaired) electrons. The number of hydrogen-bond donors (Lipinski definition) is 2. The van der Waals surface area contributed by atoms with E-state index in [1.54, 1.807) is 0 Å². The van der Waals surface area contributed by atoms with E-state index in [-0.39, 0.29) is 29.6 Å². The standard InChI is InChI=1S/C18H26N2O5S/c1-12-10-20(11-13(2)25-12)26(23,24)16-7-5-15(6-8-16)18(22)19-9-17(21)14-3-4-14/h5-8,12-14,17,21H,3-4,9-11H2,1-2H3,(H,19,22)/t12-,13+,17-/m1/s1. The molecule has 2 aliphatic rings. The van der Waals surface area contributed by atoms with Gasteiger partial charge in [-0.3, -0.25) is 4.79 Å². The molecule has 1 aromatic rings. The predicted molar refractivity (Wildman–Crippen MR) is 96.3 cm³/mol. The Bertz CT molecular complexity index is 735. The number of nitrogens with zero attached hydrogens (tertiary/aromatic N) is 1. The monoisotopic (exact) mass is 382 g/mol. The Morgan fingerprint density at radius 1 is 1.23 bits per heavy atom. The lowest BCUT2D eigenvalue weighted by Gasteiger charge is -2.34. The Morgan fingerprint density at radius 2 is 1.81 bits per heavy atom. The zero-order valence-corrected chi connectivity index (χ0v) is 15.9. The Balaban J connectivity index is 1.65. The minimum absolute atomic E-state index is 0.156. The maximum Gasteiger partial charge on any atom is 0.251 e. The molecule has 3 atom stereocenters. The van der Waals surface area contributed by atoms with Crippen LogP contribution in [0.15, 0.2) is 29.2 Å². The maximum absolute atomic E-state index is 12.8. The molecule has 0 bridgehead atoms. The van der Waals surface area contributed by atoms with E-state index in [1.807, 2.05) is 13.8 Å². The SMILES string of the molecule is C[C@@H]1CN(S(=O)(=O)c2ccc(C(=O)NC[C@@H](O)C3CC3)cc2)C[C@H](C)O1. The van der Waals surface area contributed by atoms with Crippen LogP contribution in [0.3, 0.4) is 0 Å². The summed E-state index contributed by atoms with van der Waals surface area (Å²) in [5.74, 6) is -0.0246. The second-order valence-corrected chi connectivity index (χ2v) is 9.16. The lowest BCUT2D eigenvalue weighted by atomic mass is 10.2. The van der Waals surface area contributed by atoms with E-state index in [0.29, 0.717) is 24.6 Å². The largest absolute Gasteiger partial charge is 0.391 e. The van der Waals surface area contributed by atoms with Crippen LogP contribution in [-0.4, -0.2) is 61.7 Å². The highest BCUT2D eigenvalue weighted by atomic mass is 32.2. The summed E-state index contributed by atoms with van der Waals surface area (Å²) in [6.07, 6.45) is 1.18. The molecule has 2 fully saturated rings. The number of rotatable bonds is 6. The third-order valence-electron chi connectivity index (χ3n) is 4.78. The van der Waals surface area contributed by atoms with Gasteiger partial charge in [0, 0.05) is 25.2 Å². The van der Waals surface area contributed by atoms with Crippen molar-refractivity contribution in [2.24, 2.45) is 5.92 Å². The van der Waals surface area contributed by atoms with Gasteiger partial charge in [0.05, 0.1) is 23.2 Å². The summed E-state index contributed by atoms with van der Waals surface area (Å²) >= 11 is 0. The van der Waals surface area contributed by atoms with Crippen LogP contribution >= 0.6 is 0 Å². The Hall–Kier alpha value is -1.48. The van der Waals surface area contributed by atoms with Crippen molar-refractivity contribution >= 4 is 15.9 Å². The van der Waals surface area contributed by atoms with Gasteiger partial charge < -0.3 is 15.2 Å². The molecule has 8 heteroatoms. The molecule has 1 saturated carbocycles. The molecule has 1 heterocycles. The second kappa shape index (κ2) is 7.64. The van der Waals surface area contributed by atoms with E-state index < -0.39 is 16.1 Å². The van der Waals surface area contributed by atoms with Gasteiger partial charge in [0.1, 0.15) is 0 Å². The topological polar surface area (TPSA) is 95.9 Å². The van der Waals surface area contributed by atoms with Gasteiger partial charge in [0.2, 0.25) is 10.0 Å². The zero-order valence-electron chi connectivity index (χ0n) is 15.1. The molecule has 144 valence electrons. The summed E-state index contributed by atoms with van der Waals surface area (Å²) in [5.41, 5.74) is 0.371. The molecule has 0 spiro atoms. The van der Waals surface area contributed by atoms with Crippen molar-refractivity contribution in [3.63, 3.8) is 0 Å². The highest BCUT2D eigenvalue weighted by Gasteiger charge is 2.32. The highest BCUT2D eigenvalue weighted by Crippen LogP contribution is 2.32. The van der Waals surface area contributed by atoms with E-state index in [9.17, 15) is 18.3 Å². The number of carbonyl (C=O) groups excluding carboxylic acids is 1. The number of sulfonamides is 1. The number of aliphatic hydroxyl groups excluding tert-OH is 1. The van der Waals surface area contributed by atoms with Crippen LogP contribution in [0.4, 0.5) is 0 Å². The second-order valence-electron chi connectivity index (χ2n) is 7.22. The molecule has 1 aromatic carbocycles. The van der Waals surface area contributed by atoms with Crippen molar-refractivity contribution in [2.75, 3.05) is 19.6 Å². The summed E-state index contributed by atoms with van der Waals surface area (Å²) in [6.45, 7) is 4.54. The summed E-state index contributed by atoms with van der Waals surface area (Å²) < 4.78 is 32.6. The number of benzene rings is 1. The molecule has 7 nitrogen and oxygen atoms in total. The van der Waals surface area contributed by atoms with E-state index in [0.717, 1.165) is 12.8 Å². The van der Waals surface area contributed by atoms with E-state index in [1.165, 1.54) is 28.6 Å². The number of amides is 1. The quantitative estimate of drug-likeness (QED) is 0.765. The van der Waals surface area contributed by atoms with E-state index in [4.69, 9.17) is 4.74 Å². The molecule has 1 amide bonds. The third-order valence-corrected chi connectivity index (χ3v) is 6.62. The van der Waals surface area contributed by atoms with Crippen molar-refractivity contribution in [3.8, 4) is 0 Å². The molecule has 26 heavy (non-hydrogen) atoms. The molecule has 3 rings (SSSR count). The zero-order chi connectivity index (χ0) is 18.9. The van der Waals surface area contributed by atoms with Crippen LogP contribution in [0.2, 0.25) is 0 Å². The van der Waals surface area contributed by atoms with Crippen molar-refractivity contribution in [2.45, 2.75) is 49.9 Å². The van der Waals surface area contributed by atoms with E-state index in [2.05, 4.69) is 5.32 Å². The van der Waals surface area contributed by atoms with Gasteiger partial charge >= 0.3 is 0 Å². The Labute approximate surface area is 154 Å². The first kappa shape index (κ1) is 19.3. The smallest absolute Gasteiger partial charge is 0.251 e. The van der Waals surface area contributed by atoms with Crippen molar-refractivity contribution in [1.82, 2.24) is 9.62 Å². The molecular formula is C18H26N2O5S. The highest BCUT2D eigenvalue weighted by molar-refractivity contribution is 7.89. The minimum Gasteiger partial charge on any atom is -0.391 e. The Morgan fingerprint density at radius 3 is 2.35 bits per heavy atom. The first-order chi connectivity index (χ1) is 12.3. The van der Waals surface area contributed by atoms with Gasteiger partial charge in [-0.25, -0.2) is 8.42 Å². The summed E-state index contributed by atoms with van der Waals surface area (Å²) in [7, 11) is -3.62. The number of carbonyl (C=O) groups is 1. The van der Waals surface area contributed by atoms with Crippen LogP contribution in [0.25, 0.3) is 0 Å². The van der Waals surface area contributed by atoms with Crippen molar-refractivity contribution in [1.29, 1.82) is 0 Å². The lowest BCUT2D eigenvalue weighted by Crippen LogP contribution is -2.48. The van der Waals surface area contributed by atoms with Gasteiger partial charge in [0.25, 0.3) is 5.91 Å². The van der Waals surface area contributed by atoms with Crippen LogP contribution in [0, 0.1) is 5.92 Å². The normalized spacial score (nSPS) is 25.7. The fourth-order valence-corrected chi connectivity index (χ4v) is 4.79. The molecule has 0 unspecified atom stereocenters. The first-order valence-corrected chi connectivity index (χ1v) is 10.4. The van der Waals surface area contributed by atoms with Crippen molar-refractivity contribution in [3.05, 3.63) is 29.8 Å². The van der Waals surface area contributed by atoms with Crippen LogP contribution < -0.4 is 5.32 Å². The van der Waals surface area contributed by atoms with Gasteiger partial charge in [-0.2, -0.15) is 4.31 Å². The molecule has 2 N–H and O–H groups in total. The van der Waals surface area contributed by atoms with Gasteiger partial charge in [-0.1, -0.05) is 0 Å².